The van der Waals surface area contributed by atoms with E-state index in [0.29, 0.717) is 5.75 Å². The van der Waals surface area contributed by atoms with Gasteiger partial charge in [-0.25, -0.2) is 9.24 Å². The topological polar surface area (TPSA) is 44.8 Å². The lowest BCUT2D eigenvalue weighted by molar-refractivity contribution is 0.475. The van der Waals surface area contributed by atoms with Crippen LogP contribution in [0.25, 0.3) is 4.85 Å². The van der Waals surface area contributed by atoms with E-state index in [1.165, 1.54) is 0 Å². The second kappa shape index (κ2) is 6.13. The zero-order valence-corrected chi connectivity index (χ0v) is 8.84. The van der Waals surface area contributed by atoms with Crippen molar-refractivity contribution in [1.82, 2.24) is 0 Å². The average Bonchev–Trinajstić information content (AvgIpc) is 2.34. The SMILES string of the molecule is Oc1ccccc1.[C-]#[N+]c1cc(F)ccc1O. The molecule has 0 bridgehead atoms. The minimum absolute atomic E-state index is 0.0556. The number of phenols is 2. The van der Waals surface area contributed by atoms with E-state index in [2.05, 4.69) is 4.85 Å². The molecule has 0 saturated carbocycles. The minimum Gasteiger partial charge on any atom is -0.519 e. The lowest BCUT2D eigenvalue weighted by atomic mass is 10.3. The fraction of sp³-hybridized carbons (Fsp3) is 0. The van der Waals surface area contributed by atoms with Crippen molar-refractivity contribution in [2.45, 2.75) is 0 Å². The zero-order valence-electron chi connectivity index (χ0n) is 8.84. The second-order valence-electron chi connectivity index (χ2n) is 3.08. The summed E-state index contributed by atoms with van der Waals surface area (Å²) in [5.74, 6) is -0.372. The van der Waals surface area contributed by atoms with Crippen molar-refractivity contribution in [3.8, 4) is 11.5 Å². The molecule has 0 amide bonds. The quantitative estimate of drug-likeness (QED) is 0.682. The van der Waals surface area contributed by atoms with E-state index in [0.717, 1.165) is 18.2 Å². The largest absolute Gasteiger partial charge is 0.519 e. The Morgan fingerprint density at radius 2 is 1.65 bits per heavy atom. The maximum Gasteiger partial charge on any atom is 0.230 e. The molecule has 0 saturated heterocycles. The molecule has 3 nitrogen and oxygen atoms in total. The van der Waals surface area contributed by atoms with Gasteiger partial charge in [-0.15, -0.1) is 0 Å². The molecular weight excluding hydrogens is 221 g/mol. The molecule has 0 aromatic heterocycles. The van der Waals surface area contributed by atoms with Crippen LogP contribution < -0.4 is 0 Å². The third-order valence-electron chi connectivity index (χ3n) is 1.81. The molecule has 0 heterocycles. The molecule has 4 heteroatoms. The molecule has 0 fully saturated rings. The molecule has 0 aliphatic carbocycles. The molecular formula is C13H10FNO2. The van der Waals surface area contributed by atoms with Gasteiger partial charge in [0.1, 0.15) is 17.3 Å². The molecule has 0 aliphatic rings. The summed E-state index contributed by atoms with van der Waals surface area (Å²) in [5, 5.41) is 17.5. The van der Waals surface area contributed by atoms with Gasteiger partial charge in [-0.05, 0) is 30.3 Å². The summed E-state index contributed by atoms with van der Waals surface area (Å²) < 4.78 is 12.3. The van der Waals surface area contributed by atoms with Crippen molar-refractivity contribution >= 4 is 5.69 Å². The lowest BCUT2D eigenvalue weighted by Crippen LogP contribution is -1.70. The van der Waals surface area contributed by atoms with Crippen LogP contribution >= 0.6 is 0 Å². The molecule has 2 aromatic carbocycles. The van der Waals surface area contributed by atoms with Crippen LogP contribution in [0.5, 0.6) is 11.5 Å². The van der Waals surface area contributed by atoms with Crippen LogP contribution in [0, 0.1) is 12.4 Å². The Morgan fingerprint density at radius 1 is 1.00 bits per heavy atom. The molecule has 0 spiro atoms. The van der Waals surface area contributed by atoms with E-state index in [9.17, 15) is 4.39 Å². The Balaban J connectivity index is 0.000000181. The van der Waals surface area contributed by atoms with Crippen molar-refractivity contribution in [3.63, 3.8) is 0 Å². The van der Waals surface area contributed by atoms with E-state index in [1.54, 1.807) is 24.3 Å². The number of para-hydroxylation sites is 1. The summed E-state index contributed by atoms with van der Waals surface area (Å²) in [7, 11) is 0. The Morgan fingerprint density at radius 3 is 2.06 bits per heavy atom. The van der Waals surface area contributed by atoms with Gasteiger partial charge >= 0.3 is 0 Å². The molecule has 0 unspecified atom stereocenters. The monoisotopic (exact) mass is 231 g/mol. The van der Waals surface area contributed by atoms with Gasteiger partial charge in [0.2, 0.25) is 5.69 Å². The first-order valence-electron chi connectivity index (χ1n) is 4.73. The fourth-order valence-corrected chi connectivity index (χ4v) is 1.01. The van der Waals surface area contributed by atoms with Crippen LogP contribution in [0.15, 0.2) is 48.5 Å². The standard InChI is InChI=1S/C7H4FNO.C6H6O/c1-9-6-4-5(8)2-3-7(6)10;7-6-4-2-1-3-5-6/h2-4,10H;1-5,7H. The summed E-state index contributed by atoms with van der Waals surface area (Å²) >= 11 is 0. The number of rotatable bonds is 0. The highest BCUT2D eigenvalue weighted by Gasteiger charge is 1.99. The Hall–Kier alpha value is -2.54. The van der Waals surface area contributed by atoms with Crippen molar-refractivity contribution in [2.75, 3.05) is 0 Å². The van der Waals surface area contributed by atoms with Gasteiger partial charge in [-0.2, -0.15) is 0 Å². The zero-order chi connectivity index (χ0) is 12.7. The molecule has 0 radical (unpaired) electrons. The van der Waals surface area contributed by atoms with Gasteiger partial charge in [0, 0.05) is 0 Å². The number of hydrogen-bond donors (Lipinski definition) is 2. The highest BCUT2D eigenvalue weighted by molar-refractivity contribution is 5.56. The average molecular weight is 231 g/mol. The van der Waals surface area contributed by atoms with Crippen molar-refractivity contribution < 1.29 is 14.6 Å². The normalized spacial score (nSPS) is 8.71. The summed E-state index contributed by atoms with van der Waals surface area (Å²) in [6.07, 6.45) is 0. The Labute approximate surface area is 98.2 Å². The molecule has 0 atom stereocenters. The van der Waals surface area contributed by atoms with E-state index >= 15 is 0 Å². The van der Waals surface area contributed by atoms with Gasteiger partial charge in [-0.1, -0.05) is 18.2 Å². The summed E-state index contributed by atoms with van der Waals surface area (Å²) in [6.45, 7) is 6.48. The van der Waals surface area contributed by atoms with E-state index in [-0.39, 0.29) is 11.4 Å². The molecule has 2 rings (SSSR count). The van der Waals surface area contributed by atoms with Gasteiger partial charge < -0.3 is 10.2 Å². The Kier molecular flexibility index (Phi) is 4.52. The van der Waals surface area contributed by atoms with Gasteiger partial charge in [0.25, 0.3) is 0 Å². The predicted octanol–water partition coefficient (Wildman–Crippen LogP) is 3.47. The van der Waals surface area contributed by atoms with Gasteiger partial charge in [0.15, 0.2) is 0 Å². The number of benzene rings is 2. The first kappa shape index (κ1) is 12.5. The van der Waals surface area contributed by atoms with Crippen LogP contribution in [0.2, 0.25) is 0 Å². The molecule has 2 aromatic rings. The van der Waals surface area contributed by atoms with Gasteiger partial charge in [-0.3, -0.25) is 0 Å². The third kappa shape index (κ3) is 4.22. The second-order valence-corrected chi connectivity index (χ2v) is 3.08. The van der Waals surface area contributed by atoms with Crippen molar-refractivity contribution in [2.24, 2.45) is 0 Å². The number of aromatic hydroxyl groups is 2. The van der Waals surface area contributed by atoms with E-state index < -0.39 is 5.82 Å². The summed E-state index contributed by atoms with van der Waals surface area (Å²) in [5.41, 5.74) is -0.0556. The highest BCUT2D eigenvalue weighted by atomic mass is 19.1. The summed E-state index contributed by atoms with van der Waals surface area (Å²) in [4.78, 5) is 2.89. The molecule has 0 aliphatic heterocycles. The van der Waals surface area contributed by atoms with Crippen LogP contribution in [0.4, 0.5) is 10.1 Å². The van der Waals surface area contributed by atoms with Crippen LogP contribution in [-0.4, -0.2) is 10.2 Å². The van der Waals surface area contributed by atoms with Crippen molar-refractivity contribution in [1.29, 1.82) is 0 Å². The van der Waals surface area contributed by atoms with Crippen LogP contribution in [0.1, 0.15) is 0 Å². The van der Waals surface area contributed by atoms with Crippen LogP contribution in [0.3, 0.4) is 0 Å². The molecule has 86 valence electrons. The maximum absolute atomic E-state index is 12.3. The minimum atomic E-state index is -0.510. The molecule has 17 heavy (non-hydrogen) atoms. The number of nitrogens with zero attached hydrogens (tertiary/aromatic N) is 1. The number of phenolic OH excluding ortho intramolecular Hbond substituents is 2. The van der Waals surface area contributed by atoms with Crippen LogP contribution in [-0.2, 0) is 0 Å². The molecule has 2 N–H and O–H groups in total. The first-order chi connectivity index (χ1) is 8.13. The Bertz CT molecular complexity index is 521. The third-order valence-corrected chi connectivity index (χ3v) is 1.81. The fourth-order valence-electron chi connectivity index (χ4n) is 1.01. The van der Waals surface area contributed by atoms with Crippen molar-refractivity contribution in [3.05, 3.63) is 65.8 Å². The lowest BCUT2D eigenvalue weighted by Gasteiger charge is -1.92. The van der Waals surface area contributed by atoms with Gasteiger partial charge in [0.05, 0.1) is 6.57 Å². The first-order valence-corrected chi connectivity index (χ1v) is 4.73. The summed E-state index contributed by atoms with van der Waals surface area (Å²) in [6, 6.07) is 12.0. The van der Waals surface area contributed by atoms with E-state index in [1.807, 2.05) is 6.07 Å². The van der Waals surface area contributed by atoms with E-state index in [4.69, 9.17) is 16.8 Å². The smallest absolute Gasteiger partial charge is 0.230 e. The number of halogens is 1. The predicted molar refractivity (Wildman–Crippen MR) is 62.4 cm³/mol. The number of hydrogen-bond acceptors (Lipinski definition) is 2. The highest BCUT2D eigenvalue weighted by Crippen LogP contribution is 2.25. The maximum atomic E-state index is 12.3.